The van der Waals surface area contributed by atoms with Crippen LogP contribution in [0.2, 0.25) is 0 Å². The highest BCUT2D eigenvalue weighted by Crippen LogP contribution is 2.20. The molecule has 2 amide bonds. The van der Waals surface area contributed by atoms with E-state index in [1.54, 1.807) is 21.1 Å². The van der Waals surface area contributed by atoms with E-state index in [1.807, 2.05) is 13.8 Å². The molecule has 1 aromatic rings. The molecular weight excluding hydrogens is 266 g/mol. The van der Waals surface area contributed by atoms with Crippen molar-refractivity contribution in [3.63, 3.8) is 0 Å². The Morgan fingerprint density at radius 3 is 2.53 bits per heavy atom. The molecule has 0 N–H and O–H groups in total. The van der Waals surface area contributed by atoms with Crippen LogP contribution in [-0.4, -0.2) is 64.0 Å². The number of amides is 2. The number of carbonyl (C=O) groups is 2. The van der Waals surface area contributed by atoms with Gasteiger partial charge in [-0.3, -0.25) is 4.79 Å². The summed E-state index contributed by atoms with van der Waals surface area (Å²) in [6, 6.07) is -0.254. The van der Waals surface area contributed by atoms with Crippen LogP contribution < -0.4 is 0 Å². The third-order valence-electron chi connectivity index (χ3n) is 2.25. The van der Waals surface area contributed by atoms with Gasteiger partial charge in [0, 0.05) is 27.1 Å². The first-order valence-electron chi connectivity index (χ1n) is 5.83. The molecule has 106 valence electrons. The number of thioether (sulfide) groups is 1. The molecule has 1 heterocycles. The van der Waals surface area contributed by atoms with Gasteiger partial charge in [0.05, 0.1) is 5.88 Å². The van der Waals surface area contributed by atoms with Gasteiger partial charge in [-0.25, -0.2) is 9.78 Å². The van der Waals surface area contributed by atoms with E-state index in [0.717, 1.165) is 6.41 Å². The molecule has 1 rings (SSSR count). The topological polar surface area (TPSA) is 71.3 Å². The maximum Gasteiger partial charge on any atom is 0.346 e. The van der Waals surface area contributed by atoms with Crippen molar-refractivity contribution in [3.05, 3.63) is 5.82 Å². The Morgan fingerprint density at radius 2 is 2.05 bits per heavy atom. The lowest BCUT2D eigenvalue weighted by Gasteiger charge is -2.12. The first kappa shape index (κ1) is 15.5. The zero-order valence-corrected chi connectivity index (χ0v) is 12.6. The Morgan fingerprint density at radius 1 is 1.42 bits per heavy atom. The second kappa shape index (κ2) is 6.55. The highest BCUT2D eigenvalue weighted by atomic mass is 32.2. The van der Waals surface area contributed by atoms with E-state index in [4.69, 9.17) is 0 Å². The SMILES string of the molecule is CC(C)c1nc(SCN(C)C=O)n(C(=O)N(C)C)n1. The van der Waals surface area contributed by atoms with Gasteiger partial charge in [-0.1, -0.05) is 25.6 Å². The van der Waals surface area contributed by atoms with Gasteiger partial charge in [0.2, 0.25) is 6.41 Å². The fourth-order valence-electron chi connectivity index (χ4n) is 1.15. The predicted octanol–water partition coefficient (Wildman–Crippen LogP) is 1.07. The molecule has 7 nitrogen and oxygen atoms in total. The number of carbonyl (C=O) groups excluding carboxylic acids is 2. The number of nitrogens with zero attached hydrogens (tertiary/aromatic N) is 5. The molecule has 0 unspecified atom stereocenters. The lowest BCUT2D eigenvalue weighted by molar-refractivity contribution is -0.116. The Hall–Kier alpha value is -1.57. The molecule has 0 atom stereocenters. The monoisotopic (exact) mass is 285 g/mol. The van der Waals surface area contributed by atoms with Crippen molar-refractivity contribution in [1.82, 2.24) is 24.6 Å². The molecule has 0 bridgehead atoms. The third-order valence-corrected chi connectivity index (χ3v) is 3.31. The van der Waals surface area contributed by atoms with Gasteiger partial charge >= 0.3 is 6.03 Å². The number of aromatic nitrogens is 3. The van der Waals surface area contributed by atoms with Crippen LogP contribution in [0.1, 0.15) is 25.6 Å². The third kappa shape index (κ3) is 3.95. The van der Waals surface area contributed by atoms with E-state index in [9.17, 15) is 9.59 Å². The van der Waals surface area contributed by atoms with Crippen molar-refractivity contribution in [3.8, 4) is 0 Å². The van der Waals surface area contributed by atoms with E-state index >= 15 is 0 Å². The van der Waals surface area contributed by atoms with Crippen molar-refractivity contribution in [2.45, 2.75) is 24.9 Å². The minimum Gasteiger partial charge on any atom is -0.339 e. The van der Waals surface area contributed by atoms with Crippen LogP contribution in [0.4, 0.5) is 4.79 Å². The highest BCUT2D eigenvalue weighted by molar-refractivity contribution is 7.99. The zero-order valence-electron chi connectivity index (χ0n) is 11.8. The van der Waals surface area contributed by atoms with Crippen molar-refractivity contribution in [2.24, 2.45) is 0 Å². The van der Waals surface area contributed by atoms with E-state index in [0.29, 0.717) is 16.9 Å². The van der Waals surface area contributed by atoms with E-state index in [1.165, 1.54) is 26.2 Å². The molecule has 1 aromatic heterocycles. The molecule has 19 heavy (non-hydrogen) atoms. The van der Waals surface area contributed by atoms with Crippen LogP contribution in [-0.2, 0) is 4.79 Å². The van der Waals surface area contributed by atoms with Crippen molar-refractivity contribution >= 4 is 24.2 Å². The van der Waals surface area contributed by atoms with Crippen LogP contribution in [0.3, 0.4) is 0 Å². The molecule has 0 aromatic carbocycles. The molecule has 0 fully saturated rings. The number of hydrogen-bond donors (Lipinski definition) is 0. The Balaban J connectivity index is 2.99. The molecular formula is C11H19N5O2S. The van der Waals surface area contributed by atoms with Gasteiger partial charge in [0.1, 0.15) is 0 Å². The predicted molar refractivity (Wildman–Crippen MR) is 73.1 cm³/mol. The molecule has 0 spiro atoms. The lowest BCUT2D eigenvalue weighted by Crippen LogP contribution is -2.29. The summed E-state index contributed by atoms with van der Waals surface area (Å²) in [6.07, 6.45) is 0.727. The molecule has 0 aliphatic carbocycles. The van der Waals surface area contributed by atoms with Crippen molar-refractivity contribution in [1.29, 1.82) is 0 Å². The summed E-state index contributed by atoms with van der Waals surface area (Å²) in [7, 11) is 4.98. The Bertz CT molecular complexity index is 458. The maximum absolute atomic E-state index is 12.0. The lowest BCUT2D eigenvalue weighted by atomic mass is 10.2. The largest absolute Gasteiger partial charge is 0.346 e. The first-order valence-corrected chi connectivity index (χ1v) is 6.82. The fourth-order valence-corrected chi connectivity index (χ4v) is 1.93. The number of hydrogen-bond acceptors (Lipinski definition) is 5. The smallest absolute Gasteiger partial charge is 0.339 e. The summed E-state index contributed by atoms with van der Waals surface area (Å²) >= 11 is 1.30. The van der Waals surface area contributed by atoms with Gasteiger partial charge in [0.15, 0.2) is 11.0 Å². The second-order valence-corrected chi connectivity index (χ2v) is 5.54. The average molecular weight is 285 g/mol. The molecule has 0 saturated carbocycles. The standard InChI is InChI=1S/C11H19N5O2S/c1-8(2)9-12-10(19-7-15(5)6-17)16(13-9)11(18)14(3)4/h6,8H,7H2,1-5H3. The van der Waals surface area contributed by atoms with Crippen LogP contribution in [0.25, 0.3) is 0 Å². The summed E-state index contributed by atoms with van der Waals surface area (Å²) < 4.78 is 1.28. The van der Waals surface area contributed by atoms with Crippen molar-refractivity contribution < 1.29 is 9.59 Å². The van der Waals surface area contributed by atoms with E-state index in [2.05, 4.69) is 10.1 Å². The first-order chi connectivity index (χ1) is 8.86. The number of rotatable bonds is 5. The molecule has 0 aliphatic rings. The molecule has 0 radical (unpaired) electrons. The van der Waals surface area contributed by atoms with Gasteiger partial charge < -0.3 is 9.80 Å². The minimum atomic E-state index is -0.254. The van der Waals surface area contributed by atoms with Crippen LogP contribution >= 0.6 is 11.8 Å². The van der Waals surface area contributed by atoms with Gasteiger partial charge in [-0.05, 0) is 0 Å². The summed E-state index contributed by atoms with van der Waals surface area (Å²) in [4.78, 5) is 29.8. The summed E-state index contributed by atoms with van der Waals surface area (Å²) in [5, 5.41) is 4.72. The Kier molecular flexibility index (Phi) is 5.34. The molecule has 8 heteroatoms. The quantitative estimate of drug-likeness (QED) is 0.460. The molecule has 0 aliphatic heterocycles. The van der Waals surface area contributed by atoms with Gasteiger partial charge in [0.25, 0.3) is 0 Å². The summed E-state index contributed by atoms with van der Waals surface area (Å²) in [5.74, 6) is 1.17. The van der Waals surface area contributed by atoms with Crippen LogP contribution in [0.5, 0.6) is 0 Å². The van der Waals surface area contributed by atoms with Crippen LogP contribution in [0, 0.1) is 0 Å². The maximum atomic E-state index is 12.0. The molecule has 0 saturated heterocycles. The fraction of sp³-hybridized carbons (Fsp3) is 0.636. The average Bonchev–Trinajstić information content (AvgIpc) is 2.78. The van der Waals surface area contributed by atoms with E-state index < -0.39 is 0 Å². The summed E-state index contributed by atoms with van der Waals surface area (Å²) in [5.41, 5.74) is 0. The van der Waals surface area contributed by atoms with Gasteiger partial charge in [-0.2, -0.15) is 4.68 Å². The van der Waals surface area contributed by atoms with E-state index in [-0.39, 0.29) is 11.9 Å². The summed E-state index contributed by atoms with van der Waals surface area (Å²) in [6.45, 7) is 3.93. The second-order valence-electron chi connectivity index (χ2n) is 4.63. The minimum absolute atomic E-state index is 0.138. The Labute approximate surface area is 117 Å². The van der Waals surface area contributed by atoms with Gasteiger partial charge in [-0.15, -0.1) is 5.10 Å². The van der Waals surface area contributed by atoms with Crippen LogP contribution in [0.15, 0.2) is 5.16 Å². The highest BCUT2D eigenvalue weighted by Gasteiger charge is 2.19. The zero-order chi connectivity index (χ0) is 14.6. The van der Waals surface area contributed by atoms with Crippen molar-refractivity contribution in [2.75, 3.05) is 27.0 Å². The normalized spacial score (nSPS) is 10.6.